The summed E-state index contributed by atoms with van der Waals surface area (Å²) >= 11 is 1.59. The maximum atomic E-state index is 13.3. The lowest BCUT2D eigenvalue weighted by molar-refractivity contribution is -0.123. The third kappa shape index (κ3) is 5.53. The molecule has 2 aromatic carbocycles. The lowest BCUT2D eigenvalue weighted by atomic mass is 10.1. The molecule has 3 aromatic rings. The van der Waals surface area contributed by atoms with Crippen molar-refractivity contribution in [2.24, 2.45) is 0 Å². The molecule has 1 aliphatic rings. The SMILES string of the molecule is O=C(CN1CCN(Cc2ccccc2)CC1)N[C@@H](c1ccc(F)cc1)c1cccs1. The van der Waals surface area contributed by atoms with Gasteiger partial charge in [0.2, 0.25) is 5.91 Å². The third-order valence-corrected chi connectivity index (χ3v) is 6.35. The van der Waals surface area contributed by atoms with Gasteiger partial charge < -0.3 is 5.32 Å². The molecule has 0 radical (unpaired) electrons. The number of hydrogen-bond acceptors (Lipinski definition) is 4. The summed E-state index contributed by atoms with van der Waals surface area (Å²) in [6.07, 6.45) is 0. The summed E-state index contributed by atoms with van der Waals surface area (Å²) in [5.74, 6) is -0.280. The topological polar surface area (TPSA) is 35.6 Å². The summed E-state index contributed by atoms with van der Waals surface area (Å²) in [5.41, 5.74) is 2.21. The van der Waals surface area contributed by atoms with E-state index in [4.69, 9.17) is 0 Å². The number of nitrogens with one attached hydrogen (secondary N) is 1. The number of halogens is 1. The highest BCUT2D eigenvalue weighted by atomic mass is 32.1. The highest BCUT2D eigenvalue weighted by Gasteiger charge is 2.22. The van der Waals surface area contributed by atoms with E-state index in [9.17, 15) is 9.18 Å². The lowest BCUT2D eigenvalue weighted by Gasteiger charge is -2.34. The Morgan fingerprint density at radius 2 is 1.63 bits per heavy atom. The Bertz CT molecular complexity index is 923. The maximum Gasteiger partial charge on any atom is 0.234 e. The van der Waals surface area contributed by atoms with Gasteiger partial charge in [0.25, 0.3) is 0 Å². The summed E-state index contributed by atoms with van der Waals surface area (Å²) in [5, 5.41) is 5.14. The first kappa shape index (κ1) is 20.7. The van der Waals surface area contributed by atoms with Crippen molar-refractivity contribution in [3.05, 3.63) is 93.9 Å². The van der Waals surface area contributed by atoms with Gasteiger partial charge in [0.15, 0.2) is 0 Å². The Morgan fingerprint density at radius 1 is 0.933 bits per heavy atom. The van der Waals surface area contributed by atoms with Crippen molar-refractivity contribution in [3.63, 3.8) is 0 Å². The van der Waals surface area contributed by atoms with Gasteiger partial charge in [-0.3, -0.25) is 14.6 Å². The largest absolute Gasteiger partial charge is 0.343 e. The van der Waals surface area contributed by atoms with Crippen LogP contribution in [0.2, 0.25) is 0 Å². The minimum absolute atomic E-state index is 0.00534. The molecule has 1 aromatic heterocycles. The standard InChI is InChI=1S/C24H26FN3OS/c25-21-10-8-20(9-11-21)24(22-7-4-16-30-22)26-23(29)18-28-14-12-27(13-15-28)17-19-5-2-1-3-6-19/h1-11,16,24H,12-15,17-18H2,(H,26,29)/t24-/m0/s1. The van der Waals surface area contributed by atoms with Crippen LogP contribution in [-0.4, -0.2) is 48.4 Å². The van der Waals surface area contributed by atoms with Crippen LogP contribution in [0, 0.1) is 5.82 Å². The van der Waals surface area contributed by atoms with Gasteiger partial charge >= 0.3 is 0 Å². The Labute approximate surface area is 180 Å². The lowest BCUT2D eigenvalue weighted by Crippen LogP contribution is -2.49. The summed E-state index contributed by atoms with van der Waals surface area (Å²) in [7, 11) is 0. The van der Waals surface area contributed by atoms with Crippen molar-refractivity contribution < 1.29 is 9.18 Å². The number of benzene rings is 2. The first-order chi connectivity index (χ1) is 14.7. The van der Waals surface area contributed by atoms with E-state index in [1.165, 1.54) is 17.7 Å². The number of piperazine rings is 1. The third-order valence-electron chi connectivity index (χ3n) is 5.42. The van der Waals surface area contributed by atoms with Crippen LogP contribution in [0.25, 0.3) is 0 Å². The smallest absolute Gasteiger partial charge is 0.234 e. The summed E-state index contributed by atoms with van der Waals surface area (Å²) in [4.78, 5) is 18.5. The molecule has 1 saturated heterocycles. The summed E-state index contributed by atoms with van der Waals surface area (Å²) in [6.45, 7) is 4.98. The molecule has 1 amide bonds. The number of hydrogen-bond donors (Lipinski definition) is 1. The summed E-state index contributed by atoms with van der Waals surface area (Å²) < 4.78 is 13.3. The Morgan fingerprint density at radius 3 is 2.30 bits per heavy atom. The van der Waals surface area contributed by atoms with Crippen LogP contribution in [0.15, 0.2) is 72.1 Å². The van der Waals surface area contributed by atoms with Gasteiger partial charge in [-0.25, -0.2) is 4.39 Å². The van der Waals surface area contributed by atoms with Crippen LogP contribution in [0.4, 0.5) is 4.39 Å². The zero-order valence-corrected chi connectivity index (χ0v) is 17.7. The van der Waals surface area contributed by atoms with Gasteiger partial charge in [-0.05, 0) is 34.7 Å². The maximum absolute atomic E-state index is 13.3. The van der Waals surface area contributed by atoms with Gasteiger partial charge in [0, 0.05) is 37.6 Å². The van der Waals surface area contributed by atoms with E-state index in [-0.39, 0.29) is 17.8 Å². The van der Waals surface area contributed by atoms with E-state index < -0.39 is 0 Å². The molecule has 1 atom stereocenters. The summed E-state index contributed by atoms with van der Waals surface area (Å²) in [6, 6.07) is 20.6. The molecule has 0 bridgehead atoms. The minimum atomic E-state index is -0.275. The van der Waals surface area contributed by atoms with E-state index in [0.717, 1.165) is 43.2 Å². The predicted octanol–water partition coefficient (Wildman–Crippen LogP) is 3.91. The molecule has 2 heterocycles. The van der Waals surface area contributed by atoms with Gasteiger partial charge in [-0.1, -0.05) is 48.5 Å². The number of amides is 1. The molecule has 0 spiro atoms. The first-order valence-corrected chi connectivity index (χ1v) is 11.1. The number of thiophene rings is 1. The van der Waals surface area contributed by atoms with Crippen molar-refractivity contribution in [1.82, 2.24) is 15.1 Å². The van der Waals surface area contributed by atoms with Gasteiger partial charge in [0.1, 0.15) is 5.82 Å². The van der Waals surface area contributed by atoms with Crippen molar-refractivity contribution in [1.29, 1.82) is 0 Å². The highest BCUT2D eigenvalue weighted by Crippen LogP contribution is 2.26. The monoisotopic (exact) mass is 423 g/mol. The minimum Gasteiger partial charge on any atom is -0.343 e. The second-order valence-corrected chi connectivity index (χ2v) is 8.58. The van der Waals surface area contributed by atoms with Gasteiger partial charge in [-0.15, -0.1) is 11.3 Å². The van der Waals surface area contributed by atoms with Crippen molar-refractivity contribution in [2.75, 3.05) is 32.7 Å². The van der Waals surface area contributed by atoms with Crippen molar-refractivity contribution in [2.45, 2.75) is 12.6 Å². The number of rotatable bonds is 7. The zero-order chi connectivity index (χ0) is 20.8. The van der Waals surface area contributed by atoms with E-state index in [0.29, 0.717) is 6.54 Å². The molecule has 156 valence electrons. The number of carbonyl (C=O) groups is 1. The average molecular weight is 424 g/mol. The molecular weight excluding hydrogens is 397 g/mol. The highest BCUT2D eigenvalue weighted by molar-refractivity contribution is 7.10. The molecule has 0 saturated carbocycles. The van der Waals surface area contributed by atoms with E-state index >= 15 is 0 Å². The fourth-order valence-electron chi connectivity index (χ4n) is 3.79. The fourth-order valence-corrected chi connectivity index (χ4v) is 4.59. The predicted molar refractivity (Wildman–Crippen MR) is 119 cm³/mol. The van der Waals surface area contributed by atoms with Crippen LogP contribution >= 0.6 is 11.3 Å². The van der Waals surface area contributed by atoms with Crippen LogP contribution in [-0.2, 0) is 11.3 Å². The average Bonchev–Trinajstić information content (AvgIpc) is 3.30. The van der Waals surface area contributed by atoms with E-state index in [1.807, 2.05) is 23.6 Å². The molecule has 4 nitrogen and oxygen atoms in total. The Hall–Kier alpha value is -2.54. The molecule has 1 fully saturated rings. The van der Waals surface area contributed by atoms with Gasteiger partial charge in [-0.2, -0.15) is 0 Å². The Kier molecular flexibility index (Phi) is 6.89. The molecular formula is C24H26FN3OS. The molecule has 4 rings (SSSR count). The quantitative estimate of drug-likeness (QED) is 0.626. The first-order valence-electron chi connectivity index (χ1n) is 10.2. The van der Waals surface area contributed by atoms with Crippen molar-refractivity contribution in [3.8, 4) is 0 Å². The molecule has 1 N–H and O–H groups in total. The molecule has 0 aliphatic carbocycles. The van der Waals surface area contributed by atoms with Crippen LogP contribution in [0.3, 0.4) is 0 Å². The molecule has 6 heteroatoms. The van der Waals surface area contributed by atoms with E-state index in [1.54, 1.807) is 23.5 Å². The zero-order valence-electron chi connectivity index (χ0n) is 16.8. The van der Waals surface area contributed by atoms with Crippen LogP contribution in [0.1, 0.15) is 22.0 Å². The van der Waals surface area contributed by atoms with Gasteiger partial charge in [0.05, 0.1) is 12.6 Å². The number of carbonyl (C=O) groups excluding carboxylic acids is 1. The van der Waals surface area contributed by atoms with E-state index in [2.05, 4.69) is 39.4 Å². The molecule has 0 unspecified atom stereocenters. The Balaban J connectivity index is 1.31. The fraction of sp³-hybridized carbons (Fsp3) is 0.292. The van der Waals surface area contributed by atoms with Crippen molar-refractivity contribution >= 4 is 17.2 Å². The second-order valence-electron chi connectivity index (χ2n) is 7.61. The molecule has 1 aliphatic heterocycles. The van der Waals surface area contributed by atoms with Crippen LogP contribution in [0.5, 0.6) is 0 Å². The second kappa shape index (κ2) is 9.98. The molecule has 30 heavy (non-hydrogen) atoms. The number of nitrogens with zero attached hydrogens (tertiary/aromatic N) is 2. The normalized spacial score (nSPS) is 16.3. The van der Waals surface area contributed by atoms with Crippen LogP contribution < -0.4 is 5.32 Å².